The van der Waals surface area contributed by atoms with E-state index >= 15 is 0 Å². The number of likely N-dealkylation sites (tertiary alicyclic amines) is 1. The number of nitrogens with zero attached hydrogens (tertiary/aromatic N) is 1. The van der Waals surface area contributed by atoms with Crippen LogP contribution in [0.5, 0.6) is 0 Å². The summed E-state index contributed by atoms with van der Waals surface area (Å²) in [5, 5.41) is 9.55. The summed E-state index contributed by atoms with van der Waals surface area (Å²) in [5.74, 6) is 0.0961. The summed E-state index contributed by atoms with van der Waals surface area (Å²) in [5.41, 5.74) is -1.06. The van der Waals surface area contributed by atoms with E-state index in [2.05, 4.69) is 0 Å². The second-order valence-electron chi connectivity index (χ2n) is 3.47. The third kappa shape index (κ3) is 0.475. The SMILES string of the molecule is CN1C(=O)[C@@](C)(O)C2CC21. The molecule has 1 N–H and O–H groups in total. The van der Waals surface area contributed by atoms with Gasteiger partial charge in [0.25, 0.3) is 5.91 Å². The fourth-order valence-corrected chi connectivity index (χ4v) is 1.88. The van der Waals surface area contributed by atoms with Crippen LogP contribution in [0.3, 0.4) is 0 Å². The Kier molecular flexibility index (Phi) is 0.844. The van der Waals surface area contributed by atoms with Gasteiger partial charge >= 0.3 is 0 Å². The van der Waals surface area contributed by atoms with Crippen molar-refractivity contribution in [1.29, 1.82) is 0 Å². The summed E-state index contributed by atoms with van der Waals surface area (Å²) in [6.07, 6.45) is 0.981. The van der Waals surface area contributed by atoms with Crippen LogP contribution in [0.1, 0.15) is 13.3 Å². The smallest absolute Gasteiger partial charge is 0.254 e. The van der Waals surface area contributed by atoms with E-state index in [1.54, 1.807) is 18.9 Å². The Morgan fingerprint density at radius 2 is 2.40 bits per heavy atom. The van der Waals surface area contributed by atoms with Gasteiger partial charge < -0.3 is 10.0 Å². The Bertz CT molecular complexity index is 200. The maximum absolute atomic E-state index is 11.1. The summed E-state index contributed by atoms with van der Waals surface area (Å²) >= 11 is 0. The van der Waals surface area contributed by atoms with Gasteiger partial charge in [-0.2, -0.15) is 0 Å². The van der Waals surface area contributed by atoms with Gasteiger partial charge in [0.1, 0.15) is 5.60 Å². The van der Waals surface area contributed by atoms with Crippen LogP contribution in [-0.4, -0.2) is 34.6 Å². The van der Waals surface area contributed by atoms with Crippen molar-refractivity contribution < 1.29 is 9.90 Å². The number of fused-ring (bicyclic) bond motifs is 1. The first-order valence-corrected chi connectivity index (χ1v) is 3.55. The average molecular weight is 141 g/mol. The number of amides is 1. The minimum Gasteiger partial charge on any atom is -0.380 e. The molecular weight excluding hydrogens is 130 g/mol. The molecule has 1 amide bonds. The van der Waals surface area contributed by atoms with E-state index in [9.17, 15) is 9.90 Å². The lowest BCUT2D eigenvalue weighted by atomic mass is 10.0. The molecule has 3 heteroatoms. The summed E-state index contributed by atoms with van der Waals surface area (Å²) in [4.78, 5) is 12.8. The second kappa shape index (κ2) is 1.37. The highest BCUT2D eigenvalue weighted by atomic mass is 16.3. The van der Waals surface area contributed by atoms with Crippen molar-refractivity contribution in [3.63, 3.8) is 0 Å². The van der Waals surface area contributed by atoms with E-state index in [1.165, 1.54) is 0 Å². The standard InChI is InChI=1S/C7H11NO2/c1-7(10)4-3-5(4)8(2)6(7)9/h4-5,10H,3H2,1-2H3/t4?,5?,7-/m0/s1. The molecule has 2 fully saturated rings. The maximum atomic E-state index is 11.1. The van der Waals surface area contributed by atoms with Gasteiger partial charge in [-0.25, -0.2) is 0 Å². The zero-order valence-corrected chi connectivity index (χ0v) is 6.16. The van der Waals surface area contributed by atoms with E-state index in [1.807, 2.05) is 0 Å². The van der Waals surface area contributed by atoms with E-state index < -0.39 is 5.60 Å². The van der Waals surface area contributed by atoms with Crippen LogP contribution in [0, 0.1) is 5.92 Å². The van der Waals surface area contributed by atoms with Crippen molar-refractivity contribution in [2.75, 3.05) is 7.05 Å². The van der Waals surface area contributed by atoms with Gasteiger partial charge in [-0.05, 0) is 13.3 Å². The fraction of sp³-hybridized carbons (Fsp3) is 0.857. The van der Waals surface area contributed by atoms with Gasteiger partial charge in [0.15, 0.2) is 0 Å². The molecule has 0 aromatic rings. The molecule has 56 valence electrons. The van der Waals surface area contributed by atoms with Crippen molar-refractivity contribution in [2.45, 2.75) is 25.0 Å². The Morgan fingerprint density at radius 3 is 2.60 bits per heavy atom. The van der Waals surface area contributed by atoms with Crippen LogP contribution in [0.15, 0.2) is 0 Å². The number of piperidine rings is 1. The lowest BCUT2D eigenvalue weighted by molar-refractivity contribution is -0.144. The predicted molar refractivity (Wildman–Crippen MR) is 35.3 cm³/mol. The molecule has 0 bridgehead atoms. The van der Waals surface area contributed by atoms with Crippen molar-refractivity contribution in [2.24, 2.45) is 5.92 Å². The third-order valence-corrected chi connectivity index (χ3v) is 2.73. The van der Waals surface area contributed by atoms with E-state index in [0.29, 0.717) is 6.04 Å². The van der Waals surface area contributed by atoms with Crippen molar-refractivity contribution in [1.82, 2.24) is 4.90 Å². The average Bonchev–Trinajstić information content (AvgIpc) is 2.58. The van der Waals surface area contributed by atoms with Crippen LogP contribution in [0.2, 0.25) is 0 Å². The van der Waals surface area contributed by atoms with Crippen molar-refractivity contribution in [3.05, 3.63) is 0 Å². The molecule has 0 spiro atoms. The summed E-state index contributed by atoms with van der Waals surface area (Å²) < 4.78 is 0. The Morgan fingerprint density at radius 1 is 1.80 bits per heavy atom. The molecule has 0 radical (unpaired) electrons. The Labute approximate surface area is 59.6 Å². The first-order chi connectivity index (χ1) is 4.55. The van der Waals surface area contributed by atoms with Gasteiger partial charge in [-0.1, -0.05) is 0 Å². The number of likely N-dealkylation sites (N-methyl/N-ethyl adjacent to an activating group) is 1. The number of rotatable bonds is 0. The van der Waals surface area contributed by atoms with Gasteiger partial charge in [0, 0.05) is 19.0 Å². The largest absolute Gasteiger partial charge is 0.380 e. The number of aliphatic hydroxyl groups is 1. The molecule has 0 aromatic heterocycles. The first kappa shape index (κ1) is 6.16. The van der Waals surface area contributed by atoms with Crippen molar-refractivity contribution in [3.8, 4) is 0 Å². The predicted octanol–water partition coefficient (Wildman–Crippen LogP) is -0.402. The summed E-state index contributed by atoms with van der Waals surface area (Å²) in [6.45, 7) is 1.61. The second-order valence-corrected chi connectivity index (χ2v) is 3.47. The van der Waals surface area contributed by atoms with Crippen LogP contribution in [-0.2, 0) is 4.79 Å². The lowest BCUT2D eigenvalue weighted by Crippen LogP contribution is -2.40. The normalized spacial score (nSPS) is 51.5. The quantitative estimate of drug-likeness (QED) is 0.498. The highest BCUT2D eigenvalue weighted by Crippen LogP contribution is 2.50. The van der Waals surface area contributed by atoms with Crippen LogP contribution in [0.4, 0.5) is 0 Å². The third-order valence-electron chi connectivity index (χ3n) is 2.73. The zero-order valence-electron chi connectivity index (χ0n) is 6.16. The molecule has 1 heterocycles. The molecule has 1 aliphatic heterocycles. The minimum atomic E-state index is -1.06. The van der Waals surface area contributed by atoms with Gasteiger partial charge in [-0.15, -0.1) is 0 Å². The molecule has 1 saturated heterocycles. The molecule has 3 nitrogen and oxygen atoms in total. The first-order valence-electron chi connectivity index (χ1n) is 3.55. The lowest BCUT2D eigenvalue weighted by Gasteiger charge is -2.19. The number of hydrogen-bond acceptors (Lipinski definition) is 2. The van der Waals surface area contributed by atoms with E-state index in [0.717, 1.165) is 6.42 Å². The van der Waals surface area contributed by atoms with Gasteiger partial charge in [-0.3, -0.25) is 4.79 Å². The van der Waals surface area contributed by atoms with Gasteiger partial charge in [0.2, 0.25) is 0 Å². The van der Waals surface area contributed by atoms with E-state index in [4.69, 9.17) is 0 Å². The molecule has 2 rings (SSSR count). The maximum Gasteiger partial charge on any atom is 0.254 e. The number of hydrogen-bond donors (Lipinski definition) is 1. The molecule has 10 heavy (non-hydrogen) atoms. The fourth-order valence-electron chi connectivity index (χ4n) is 1.88. The van der Waals surface area contributed by atoms with Gasteiger partial charge in [0.05, 0.1) is 0 Å². The van der Waals surface area contributed by atoms with Crippen LogP contribution >= 0.6 is 0 Å². The molecular formula is C7H11NO2. The molecule has 2 aliphatic rings. The highest BCUT2D eigenvalue weighted by molar-refractivity contribution is 5.89. The molecule has 3 atom stereocenters. The topological polar surface area (TPSA) is 40.5 Å². The van der Waals surface area contributed by atoms with E-state index in [-0.39, 0.29) is 11.8 Å². The molecule has 1 saturated carbocycles. The molecule has 2 unspecified atom stereocenters. The Balaban J connectivity index is 2.33. The summed E-state index contributed by atoms with van der Waals surface area (Å²) in [7, 11) is 1.76. The summed E-state index contributed by atoms with van der Waals surface area (Å²) in [6, 6.07) is 0.336. The van der Waals surface area contributed by atoms with Crippen LogP contribution in [0.25, 0.3) is 0 Å². The molecule has 1 aliphatic carbocycles. The number of carbonyl (C=O) groups is 1. The highest BCUT2D eigenvalue weighted by Gasteiger charge is 2.63. The van der Waals surface area contributed by atoms with Crippen molar-refractivity contribution >= 4 is 5.91 Å². The zero-order chi connectivity index (χ0) is 7.52. The van der Waals surface area contributed by atoms with Crippen LogP contribution < -0.4 is 0 Å². The minimum absolute atomic E-state index is 0.117. The number of carbonyl (C=O) groups excluding carboxylic acids is 1. The monoisotopic (exact) mass is 141 g/mol. The molecule has 0 aromatic carbocycles. The Hall–Kier alpha value is -0.570.